The molecule has 1 aliphatic heterocycles. The molecule has 164 valence electrons. The molecule has 3 aromatic rings. The number of nitrogens with zero attached hydrogens (tertiary/aromatic N) is 5. The van der Waals surface area contributed by atoms with Gasteiger partial charge in [0.05, 0.1) is 29.2 Å². The number of carbonyl (C=O) groups excluding carboxylic acids is 1. The highest BCUT2D eigenvalue weighted by Crippen LogP contribution is 2.31. The standard InChI is InChI=1S/C20H21F3N6O2/c1-11(30)14-8-12(5-6-24-14)15-9-16-13(4-3-7-29(16)26-15)25-19(31)17-10-18(20(21,22)23)27-28(17)2/h5-6,8-11,13,30H,3-4,7H2,1-2H3,(H,25,31)/t11?,13-/m1/s1. The first-order chi connectivity index (χ1) is 14.6. The van der Waals surface area contributed by atoms with Crippen molar-refractivity contribution in [3.63, 3.8) is 0 Å². The summed E-state index contributed by atoms with van der Waals surface area (Å²) < 4.78 is 41.4. The smallest absolute Gasteiger partial charge is 0.387 e. The molecule has 1 aliphatic rings. The van der Waals surface area contributed by atoms with Gasteiger partial charge in [-0.05, 0) is 38.0 Å². The molecule has 4 rings (SSSR count). The van der Waals surface area contributed by atoms with Crippen molar-refractivity contribution < 1.29 is 23.1 Å². The number of aromatic nitrogens is 5. The fourth-order valence-electron chi connectivity index (χ4n) is 3.66. The molecule has 4 heterocycles. The Morgan fingerprint density at radius 1 is 1.29 bits per heavy atom. The highest BCUT2D eigenvalue weighted by molar-refractivity contribution is 5.93. The summed E-state index contributed by atoms with van der Waals surface area (Å²) in [5, 5.41) is 20.6. The van der Waals surface area contributed by atoms with Gasteiger partial charge in [0.25, 0.3) is 5.91 Å². The lowest BCUT2D eigenvalue weighted by Gasteiger charge is -2.24. The fraction of sp³-hybridized carbons (Fsp3) is 0.400. The molecule has 31 heavy (non-hydrogen) atoms. The predicted molar refractivity (Wildman–Crippen MR) is 104 cm³/mol. The lowest BCUT2D eigenvalue weighted by Crippen LogP contribution is -2.33. The molecule has 1 unspecified atom stereocenters. The minimum absolute atomic E-state index is 0.167. The van der Waals surface area contributed by atoms with E-state index in [4.69, 9.17) is 0 Å². The van der Waals surface area contributed by atoms with Gasteiger partial charge in [-0.1, -0.05) is 0 Å². The first-order valence-corrected chi connectivity index (χ1v) is 9.77. The van der Waals surface area contributed by atoms with Crippen LogP contribution in [0, 0.1) is 0 Å². The minimum Gasteiger partial charge on any atom is -0.387 e. The number of aryl methyl sites for hydroxylation is 2. The molecule has 0 saturated carbocycles. The first-order valence-electron chi connectivity index (χ1n) is 9.77. The van der Waals surface area contributed by atoms with Crippen molar-refractivity contribution in [2.24, 2.45) is 7.05 Å². The van der Waals surface area contributed by atoms with Gasteiger partial charge in [-0.2, -0.15) is 23.4 Å². The maximum absolute atomic E-state index is 12.9. The third-order valence-corrected chi connectivity index (χ3v) is 5.24. The van der Waals surface area contributed by atoms with Crippen LogP contribution < -0.4 is 5.32 Å². The number of amides is 1. The van der Waals surface area contributed by atoms with E-state index in [1.165, 1.54) is 7.05 Å². The molecule has 3 aromatic heterocycles. The topological polar surface area (TPSA) is 97.9 Å². The third kappa shape index (κ3) is 4.18. The lowest BCUT2D eigenvalue weighted by atomic mass is 10.0. The highest BCUT2D eigenvalue weighted by atomic mass is 19.4. The third-order valence-electron chi connectivity index (χ3n) is 5.24. The number of fused-ring (bicyclic) bond motifs is 1. The zero-order valence-corrected chi connectivity index (χ0v) is 16.9. The monoisotopic (exact) mass is 434 g/mol. The van der Waals surface area contributed by atoms with Crippen LogP contribution in [-0.2, 0) is 19.8 Å². The summed E-state index contributed by atoms with van der Waals surface area (Å²) in [6, 6.07) is 5.72. The summed E-state index contributed by atoms with van der Waals surface area (Å²) in [5.41, 5.74) is 1.45. The Balaban J connectivity index is 1.59. The van der Waals surface area contributed by atoms with Gasteiger partial charge in [0.15, 0.2) is 5.69 Å². The summed E-state index contributed by atoms with van der Waals surface area (Å²) in [4.78, 5) is 16.8. The molecule has 1 amide bonds. The van der Waals surface area contributed by atoms with Crippen LogP contribution in [0.4, 0.5) is 13.2 Å². The zero-order valence-electron chi connectivity index (χ0n) is 16.9. The molecule has 0 spiro atoms. The number of hydrogen-bond acceptors (Lipinski definition) is 5. The molecule has 0 fully saturated rings. The van der Waals surface area contributed by atoms with E-state index in [9.17, 15) is 23.1 Å². The van der Waals surface area contributed by atoms with Crippen molar-refractivity contribution in [2.75, 3.05) is 0 Å². The Hall–Kier alpha value is -3.21. The van der Waals surface area contributed by atoms with Crippen LogP contribution in [0.2, 0.25) is 0 Å². The molecule has 0 radical (unpaired) electrons. The van der Waals surface area contributed by atoms with Gasteiger partial charge in [-0.3, -0.25) is 19.1 Å². The SMILES string of the molecule is CC(O)c1cc(-c2cc3n(n2)CCC[C@H]3NC(=O)c2cc(C(F)(F)F)nn2C)ccn1. The number of carbonyl (C=O) groups is 1. The van der Waals surface area contributed by atoms with Crippen molar-refractivity contribution in [3.05, 3.63) is 53.2 Å². The van der Waals surface area contributed by atoms with Crippen LogP contribution in [0.5, 0.6) is 0 Å². The molecule has 2 atom stereocenters. The average molecular weight is 434 g/mol. The van der Waals surface area contributed by atoms with Gasteiger partial charge in [-0.15, -0.1) is 0 Å². The van der Waals surface area contributed by atoms with Gasteiger partial charge in [-0.25, -0.2) is 0 Å². The maximum atomic E-state index is 12.9. The summed E-state index contributed by atoms with van der Waals surface area (Å²) in [7, 11) is 1.30. The number of hydrogen-bond donors (Lipinski definition) is 2. The predicted octanol–water partition coefficient (Wildman–Crippen LogP) is 3.02. The minimum atomic E-state index is -4.62. The van der Waals surface area contributed by atoms with Crippen LogP contribution in [-0.4, -0.2) is 35.6 Å². The normalized spacial score (nSPS) is 17.3. The number of pyridine rings is 1. The molecular formula is C20H21F3N6O2. The Morgan fingerprint density at radius 3 is 2.74 bits per heavy atom. The molecular weight excluding hydrogens is 413 g/mol. The molecule has 0 saturated heterocycles. The summed E-state index contributed by atoms with van der Waals surface area (Å²) >= 11 is 0. The van der Waals surface area contributed by atoms with Gasteiger partial charge < -0.3 is 10.4 Å². The quantitative estimate of drug-likeness (QED) is 0.658. The van der Waals surface area contributed by atoms with Gasteiger partial charge in [0.1, 0.15) is 5.69 Å². The Morgan fingerprint density at radius 2 is 2.06 bits per heavy atom. The van der Waals surface area contributed by atoms with Gasteiger partial charge >= 0.3 is 6.18 Å². The summed E-state index contributed by atoms with van der Waals surface area (Å²) in [6.07, 6.45) is -2.35. The number of aliphatic hydroxyl groups is 1. The van der Waals surface area contributed by atoms with E-state index in [0.717, 1.165) is 28.4 Å². The van der Waals surface area contributed by atoms with E-state index in [0.29, 0.717) is 24.4 Å². The van der Waals surface area contributed by atoms with Crippen molar-refractivity contribution in [2.45, 2.75) is 44.6 Å². The van der Waals surface area contributed by atoms with Gasteiger partial charge in [0.2, 0.25) is 0 Å². The van der Waals surface area contributed by atoms with Crippen LogP contribution in [0.3, 0.4) is 0 Å². The van der Waals surface area contributed by atoms with Crippen LogP contribution >= 0.6 is 0 Å². The number of aliphatic hydroxyl groups excluding tert-OH is 1. The molecule has 0 aromatic carbocycles. The molecule has 8 nitrogen and oxygen atoms in total. The van der Waals surface area contributed by atoms with E-state index in [2.05, 4.69) is 20.5 Å². The molecule has 0 aliphatic carbocycles. The largest absolute Gasteiger partial charge is 0.435 e. The maximum Gasteiger partial charge on any atom is 0.435 e. The summed E-state index contributed by atoms with van der Waals surface area (Å²) in [6.45, 7) is 2.29. The number of halogens is 3. The average Bonchev–Trinajstić information content (AvgIpc) is 3.32. The van der Waals surface area contributed by atoms with Crippen LogP contribution in [0.1, 0.15) is 59.5 Å². The van der Waals surface area contributed by atoms with E-state index in [1.54, 1.807) is 29.9 Å². The van der Waals surface area contributed by atoms with Crippen LogP contribution in [0.15, 0.2) is 30.5 Å². The summed E-state index contributed by atoms with van der Waals surface area (Å²) in [5.74, 6) is -0.632. The zero-order chi connectivity index (χ0) is 22.3. The first kappa shape index (κ1) is 21.0. The second kappa shape index (κ2) is 7.80. The Bertz CT molecular complexity index is 1120. The van der Waals surface area contributed by atoms with E-state index >= 15 is 0 Å². The van der Waals surface area contributed by atoms with E-state index in [1.807, 2.05) is 6.07 Å². The highest BCUT2D eigenvalue weighted by Gasteiger charge is 2.36. The Labute approximate surface area is 175 Å². The van der Waals surface area contributed by atoms with Crippen LogP contribution in [0.25, 0.3) is 11.3 Å². The van der Waals surface area contributed by atoms with Crippen molar-refractivity contribution in [1.82, 2.24) is 29.9 Å². The lowest BCUT2D eigenvalue weighted by molar-refractivity contribution is -0.141. The Kier molecular flexibility index (Phi) is 5.29. The van der Waals surface area contributed by atoms with Crippen molar-refractivity contribution in [1.29, 1.82) is 0 Å². The molecule has 0 bridgehead atoms. The number of alkyl halides is 3. The van der Waals surface area contributed by atoms with E-state index < -0.39 is 29.9 Å². The van der Waals surface area contributed by atoms with Gasteiger partial charge in [0, 0.05) is 31.4 Å². The number of nitrogens with one attached hydrogen (secondary N) is 1. The van der Waals surface area contributed by atoms with E-state index in [-0.39, 0.29) is 5.69 Å². The molecule has 2 N–H and O–H groups in total. The van der Waals surface area contributed by atoms with Crippen molar-refractivity contribution >= 4 is 5.91 Å². The number of rotatable bonds is 4. The second-order valence-electron chi connectivity index (χ2n) is 7.53. The molecule has 11 heteroatoms. The fourth-order valence-corrected chi connectivity index (χ4v) is 3.66. The second-order valence-corrected chi connectivity index (χ2v) is 7.53. The van der Waals surface area contributed by atoms with Crippen molar-refractivity contribution in [3.8, 4) is 11.3 Å².